The van der Waals surface area contributed by atoms with Crippen LogP contribution in [0.1, 0.15) is 21.9 Å². The zero-order valence-electron chi connectivity index (χ0n) is 14.6. The first-order valence-corrected chi connectivity index (χ1v) is 9.01. The third-order valence-corrected chi connectivity index (χ3v) is 4.59. The Bertz CT molecular complexity index is 637. The summed E-state index contributed by atoms with van der Waals surface area (Å²) in [5.41, 5.74) is 1.32. The van der Waals surface area contributed by atoms with E-state index in [0.29, 0.717) is 0 Å². The van der Waals surface area contributed by atoms with E-state index in [9.17, 15) is 0 Å². The summed E-state index contributed by atoms with van der Waals surface area (Å²) in [5, 5.41) is 7.84. The maximum atomic E-state index is 5.17. The van der Waals surface area contributed by atoms with Crippen LogP contribution in [0.4, 0.5) is 0 Å². The van der Waals surface area contributed by atoms with Gasteiger partial charge < -0.3 is 15.4 Å². The van der Waals surface area contributed by atoms with E-state index in [4.69, 9.17) is 4.74 Å². The highest BCUT2D eigenvalue weighted by molar-refractivity contribution is 7.11. The van der Waals surface area contributed by atoms with Crippen LogP contribution in [-0.4, -0.2) is 38.2 Å². The summed E-state index contributed by atoms with van der Waals surface area (Å²) in [6.07, 6.45) is 4.93. The number of aromatic nitrogens is 1. The summed E-state index contributed by atoms with van der Waals surface area (Å²) in [5.74, 6) is 1.75. The molecule has 1 aromatic heterocycles. The summed E-state index contributed by atoms with van der Waals surface area (Å²) >= 11 is 1.75. The fourth-order valence-corrected chi connectivity index (χ4v) is 3.10. The van der Waals surface area contributed by atoms with Gasteiger partial charge in [-0.2, -0.15) is 0 Å². The van der Waals surface area contributed by atoms with Gasteiger partial charge in [-0.25, -0.2) is 4.98 Å². The van der Waals surface area contributed by atoms with E-state index in [1.165, 1.54) is 10.4 Å². The summed E-state index contributed by atoms with van der Waals surface area (Å²) in [6, 6.07) is 8.23. The van der Waals surface area contributed by atoms with Crippen molar-refractivity contribution in [2.45, 2.75) is 26.2 Å². The molecule has 0 spiro atoms. The molecule has 0 aliphatic heterocycles. The molecule has 2 rings (SSSR count). The minimum absolute atomic E-state index is 0.838. The largest absolute Gasteiger partial charge is 0.497 e. The Hall–Kier alpha value is -2.08. The van der Waals surface area contributed by atoms with Crippen molar-refractivity contribution in [3.63, 3.8) is 0 Å². The molecule has 0 bridgehead atoms. The van der Waals surface area contributed by atoms with E-state index < -0.39 is 0 Å². The molecule has 0 amide bonds. The Morgan fingerprint density at radius 3 is 2.54 bits per heavy atom. The number of guanidine groups is 1. The molecule has 0 fully saturated rings. The Morgan fingerprint density at radius 2 is 1.92 bits per heavy atom. The quantitative estimate of drug-likeness (QED) is 0.438. The van der Waals surface area contributed by atoms with Gasteiger partial charge in [0, 0.05) is 37.6 Å². The minimum atomic E-state index is 0.838. The second kappa shape index (κ2) is 9.93. The standard InChI is InChI=1S/C18H26N4OS/c1-14-13-22-17(24-14)10-12-21-18(19-2)20-11-4-5-15-6-8-16(23-3)9-7-15/h6-9,13H,4-5,10-12H2,1-3H3,(H2,19,20,21). The van der Waals surface area contributed by atoms with Crippen LogP contribution in [0.15, 0.2) is 35.5 Å². The fourth-order valence-electron chi connectivity index (χ4n) is 2.32. The van der Waals surface area contributed by atoms with Gasteiger partial charge in [0.25, 0.3) is 0 Å². The number of aliphatic imine (C=N–C) groups is 1. The second-order valence-electron chi connectivity index (χ2n) is 5.49. The van der Waals surface area contributed by atoms with Crippen molar-refractivity contribution in [1.29, 1.82) is 0 Å². The van der Waals surface area contributed by atoms with E-state index in [2.05, 4.69) is 39.7 Å². The Kier molecular flexibility index (Phi) is 7.55. The van der Waals surface area contributed by atoms with Gasteiger partial charge in [0.1, 0.15) is 5.75 Å². The van der Waals surface area contributed by atoms with Crippen molar-refractivity contribution in [1.82, 2.24) is 15.6 Å². The molecule has 5 nitrogen and oxygen atoms in total. The van der Waals surface area contributed by atoms with Gasteiger partial charge >= 0.3 is 0 Å². The molecule has 2 aromatic rings. The van der Waals surface area contributed by atoms with Crippen molar-refractivity contribution in [2.24, 2.45) is 4.99 Å². The van der Waals surface area contributed by atoms with Crippen LogP contribution in [-0.2, 0) is 12.8 Å². The van der Waals surface area contributed by atoms with Gasteiger partial charge in [0.2, 0.25) is 0 Å². The van der Waals surface area contributed by atoms with E-state index in [0.717, 1.165) is 49.1 Å². The molecule has 0 aliphatic rings. The van der Waals surface area contributed by atoms with Crippen molar-refractivity contribution < 1.29 is 4.74 Å². The number of hydrogen-bond donors (Lipinski definition) is 2. The molecular weight excluding hydrogens is 320 g/mol. The first-order valence-electron chi connectivity index (χ1n) is 8.20. The van der Waals surface area contributed by atoms with Crippen molar-refractivity contribution in [3.8, 4) is 5.75 Å². The van der Waals surface area contributed by atoms with Crippen LogP contribution in [0.2, 0.25) is 0 Å². The first-order chi connectivity index (χ1) is 11.7. The van der Waals surface area contributed by atoms with E-state index >= 15 is 0 Å². The molecule has 0 radical (unpaired) electrons. The van der Waals surface area contributed by atoms with Gasteiger partial charge in [0.15, 0.2) is 5.96 Å². The van der Waals surface area contributed by atoms with Crippen LogP contribution < -0.4 is 15.4 Å². The molecule has 0 unspecified atom stereocenters. The van der Waals surface area contributed by atoms with Gasteiger partial charge in [-0.1, -0.05) is 12.1 Å². The molecule has 1 heterocycles. The lowest BCUT2D eigenvalue weighted by Crippen LogP contribution is -2.38. The molecule has 0 atom stereocenters. The molecule has 0 saturated carbocycles. The molecule has 130 valence electrons. The number of hydrogen-bond acceptors (Lipinski definition) is 4. The Morgan fingerprint density at radius 1 is 1.17 bits per heavy atom. The molecule has 1 aromatic carbocycles. The normalized spacial score (nSPS) is 11.4. The van der Waals surface area contributed by atoms with E-state index in [1.807, 2.05) is 18.3 Å². The lowest BCUT2D eigenvalue weighted by Gasteiger charge is -2.11. The SMILES string of the molecule is CN=C(NCCCc1ccc(OC)cc1)NCCc1ncc(C)s1. The summed E-state index contributed by atoms with van der Waals surface area (Å²) in [6.45, 7) is 3.81. The highest BCUT2D eigenvalue weighted by Gasteiger charge is 2.01. The smallest absolute Gasteiger partial charge is 0.190 e. The van der Waals surface area contributed by atoms with Crippen LogP contribution >= 0.6 is 11.3 Å². The average Bonchev–Trinajstić information content (AvgIpc) is 3.02. The number of thiazole rings is 1. The highest BCUT2D eigenvalue weighted by Crippen LogP contribution is 2.12. The van der Waals surface area contributed by atoms with Crippen molar-refractivity contribution >= 4 is 17.3 Å². The summed E-state index contributed by atoms with van der Waals surface area (Å²) in [7, 11) is 3.49. The number of ether oxygens (including phenoxy) is 1. The number of benzene rings is 1. The number of aryl methyl sites for hydroxylation is 2. The lowest BCUT2D eigenvalue weighted by molar-refractivity contribution is 0.414. The van der Waals surface area contributed by atoms with Crippen molar-refractivity contribution in [3.05, 3.63) is 45.9 Å². The molecule has 24 heavy (non-hydrogen) atoms. The Balaban J connectivity index is 1.62. The highest BCUT2D eigenvalue weighted by atomic mass is 32.1. The number of nitrogens with one attached hydrogen (secondary N) is 2. The number of nitrogens with zero attached hydrogens (tertiary/aromatic N) is 2. The number of rotatable bonds is 8. The topological polar surface area (TPSA) is 58.5 Å². The van der Waals surface area contributed by atoms with Crippen molar-refractivity contribution in [2.75, 3.05) is 27.2 Å². The third-order valence-electron chi connectivity index (χ3n) is 3.62. The average molecular weight is 347 g/mol. The zero-order valence-corrected chi connectivity index (χ0v) is 15.4. The third kappa shape index (κ3) is 6.20. The fraction of sp³-hybridized carbons (Fsp3) is 0.444. The van der Waals surface area contributed by atoms with Gasteiger partial charge in [-0.3, -0.25) is 4.99 Å². The second-order valence-corrected chi connectivity index (χ2v) is 6.81. The maximum Gasteiger partial charge on any atom is 0.190 e. The van der Waals surface area contributed by atoms with Crippen LogP contribution in [0, 0.1) is 6.92 Å². The lowest BCUT2D eigenvalue weighted by atomic mass is 10.1. The molecular formula is C18H26N4OS. The predicted octanol–water partition coefficient (Wildman–Crippen LogP) is 2.80. The first kappa shape index (κ1) is 18.3. The molecule has 2 N–H and O–H groups in total. The summed E-state index contributed by atoms with van der Waals surface area (Å²) < 4.78 is 5.17. The molecule has 0 saturated heterocycles. The zero-order chi connectivity index (χ0) is 17.2. The van der Waals surface area contributed by atoms with Gasteiger partial charge in [-0.15, -0.1) is 11.3 Å². The van der Waals surface area contributed by atoms with Crippen LogP contribution in [0.3, 0.4) is 0 Å². The van der Waals surface area contributed by atoms with Gasteiger partial charge in [-0.05, 0) is 37.5 Å². The molecule has 0 aliphatic carbocycles. The summed E-state index contributed by atoms with van der Waals surface area (Å²) in [4.78, 5) is 9.88. The Labute approximate surface area is 148 Å². The monoisotopic (exact) mass is 346 g/mol. The van der Waals surface area contributed by atoms with Crippen LogP contribution in [0.25, 0.3) is 0 Å². The maximum absolute atomic E-state index is 5.17. The van der Waals surface area contributed by atoms with Crippen LogP contribution in [0.5, 0.6) is 5.75 Å². The predicted molar refractivity (Wildman–Crippen MR) is 101 cm³/mol. The van der Waals surface area contributed by atoms with E-state index in [-0.39, 0.29) is 0 Å². The molecule has 6 heteroatoms. The van der Waals surface area contributed by atoms with E-state index in [1.54, 1.807) is 25.5 Å². The minimum Gasteiger partial charge on any atom is -0.497 e. The van der Waals surface area contributed by atoms with Gasteiger partial charge in [0.05, 0.1) is 12.1 Å². The number of methoxy groups -OCH3 is 1.